The van der Waals surface area contributed by atoms with Crippen LogP contribution in [0.2, 0.25) is 0 Å². The molecule has 0 bridgehead atoms. The number of nitrogens with zero attached hydrogens (tertiary/aromatic N) is 1. The van der Waals surface area contributed by atoms with Gasteiger partial charge in [0.05, 0.1) is 6.42 Å². The highest BCUT2D eigenvalue weighted by Crippen LogP contribution is 2.26. The quantitative estimate of drug-likeness (QED) is 0.911. The number of hydrogen-bond donors (Lipinski definition) is 2. The first-order valence-electron chi connectivity index (χ1n) is 8.11. The van der Waals surface area contributed by atoms with E-state index in [1.54, 1.807) is 0 Å². The Morgan fingerprint density at radius 3 is 2.78 bits per heavy atom. The Labute approximate surface area is 136 Å². The van der Waals surface area contributed by atoms with Crippen molar-refractivity contribution in [3.05, 3.63) is 46.6 Å². The van der Waals surface area contributed by atoms with Crippen LogP contribution in [-0.4, -0.2) is 29.3 Å². The number of H-pyrrole nitrogens is 1. The van der Waals surface area contributed by atoms with Gasteiger partial charge in [-0.15, -0.1) is 0 Å². The number of aryl methyl sites for hydroxylation is 2. The highest BCUT2D eigenvalue weighted by molar-refractivity contribution is 5.91. The molecule has 5 nitrogen and oxygen atoms in total. The standard InChI is InChI=1S/C18H23N3O2/c1-12-3-4-14(9-13(12)2)10-18(22)19-17-11-16(20-21-17)15-5-7-23-8-6-15/h3-4,9,11,15H,5-8,10H2,1-2H3,(H2,19,20,21,22). The molecule has 1 aliphatic rings. The molecule has 23 heavy (non-hydrogen) atoms. The second-order valence-corrected chi connectivity index (χ2v) is 6.24. The highest BCUT2D eigenvalue weighted by Gasteiger charge is 2.18. The summed E-state index contributed by atoms with van der Waals surface area (Å²) in [6, 6.07) is 8.05. The first-order valence-corrected chi connectivity index (χ1v) is 8.11. The number of aromatic amines is 1. The van der Waals surface area contributed by atoms with E-state index in [4.69, 9.17) is 4.74 Å². The summed E-state index contributed by atoms with van der Waals surface area (Å²) in [6.45, 7) is 5.71. The Bertz CT molecular complexity index is 687. The fourth-order valence-corrected chi connectivity index (χ4v) is 2.90. The first kappa shape index (κ1) is 15.7. The zero-order chi connectivity index (χ0) is 16.2. The molecule has 1 aromatic carbocycles. The van der Waals surface area contributed by atoms with E-state index in [1.807, 2.05) is 12.1 Å². The van der Waals surface area contributed by atoms with Crippen molar-refractivity contribution in [3.8, 4) is 0 Å². The summed E-state index contributed by atoms with van der Waals surface area (Å²) in [5, 5.41) is 10.1. The van der Waals surface area contributed by atoms with Gasteiger partial charge in [0.15, 0.2) is 5.82 Å². The minimum absolute atomic E-state index is 0.0433. The lowest BCUT2D eigenvalue weighted by atomic mass is 9.97. The molecule has 1 aromatic heterocycles. The van der Waals surface area contributed by atoms with Gasteiger partial charge in [0.2, 0.25) is 5.91 Å². The molecule has 0 atom stereocenters. The van der Waals surface area contributed by atoms with E-state index in [0.29, 0.717) is 18.2 Å². The number of carbonyl (C=O) groups is 1. The summed E-state index contributed by atoms with van der Waals surface area (Å²) in [5.74, 6) is 1.00. The molecule has 122 valence electrons. The zero-order valence-electron chi connectivity index (χ0n) is 13.7. The van der Waals surface area contributed by atoms with Crippen molar-refractivity contribution < 1.29 is 9.53 Å². The molecule has 3 rings (SSSR count). The number of rotatable bonds is 4. The van der Waals surface area contributed by atoms with Gasteiger partial charge in [-0.3, -0.25) is 9.89 Å². The van der Waals surface area contributed by atoms with Crippen LogP contribution < -0.4 is 5.32 Å². The van der Waals surface area contributed by atoms with Crippen LogP contribution >= 0.6 is 0 Å². The number of amides is 1. The third-order valence-electron chi connectivity index (χ3n) is 4.46. The molecule has 1 saturated heterocycles. The van der Waals surface area contributed by atoms with Gasteiger partial charge in [0.1, 0.15) is 0 Å². The van der Waals surface area contributed by atoms with E-state index >= 15 is 0 Å². The van der Waals surface area contributed by atoms with Crippen LogP contribution in [0, 0.1) is 13.8 Å². The van der Waals surface area contributed by atoms with Crippen molar-refractivity contribution in [1.29, 1.82) is 0 Å². The van der Waals surface area contributed by atoms with E-state index in [9.17, 15) is 4.79 Å². The van der Waals surface area contributed by atoms with E-state index in [2.05, 4.69) is 41.5 Å². The van der Waals surface area contributed by atoms with E-state index < -0.39 is 0 Å². The van der Waals surface area contributed by atoms with Crippen molar-refractivity contribution in [2.24, 2.45) is 0 Å². The minimum Gasteiger partial charge on any atom is -0.381 e. The molecule has 1 aliphatic heterocycles. The summed E-state index contributed by atoms with van der Waals surface area (Å²) < 4.78 is 5.37. The van der Waals surface area contributed by atoms with Crippen molar-refractivity contribution in [3.63, 3.8) is 0 Å². The topological polar surface area (TPSA) is 67.0 Å². The van der Waals surface area contributed by atoms with Crippen molar-refractivity contribution in [1.82, 2.24) is 10.2 Å². The van der Waals surface area contributed by atoms with Gasteiger partial charge < -0.3 is 10.1 Å². The van der Waals surface area contributed by atoms with Crippen LogP contribution in [0.4, 0.5) is 5.82 Å². The predicted molar refractivity (Wildman–Crippen MR) is 89.6 cm³/mol. The second-order valence-electron chi connectivity index (χ2n) is 6.24. The third-order valence-corrected chi connectivity index (χ3v) is 4.46. The molecule has 0 aliphatic carbocycles. The van der Waals surface area contributed by atoms with Gasteiger partial charge in [-0.2, -0.15) is 5.10 Å². The van der Waals surface area contributed by atoms with Gasteiger partial charge in [0, 0.05) is 30.9 Å². The van der Waals surface area contributed by atoms with E-state index in [0.717, 1.165) is 37.3 Å². The molecule has 2 aromatic rings. The number of nitrogens with one attached hydrogen (secondary N) is 2. The molecule has 0 unspecified atom stereocenters. The Kier molecular flexibility index (Phi) is 4.76. The van der Waals surface area contributed by atoms with Gasteiger partial charge in [-0.05, 0) is 43.4 Å². The van der Waals surface area contributed by atoms with Crippen molar-refractivity contribution >= 4 is 11.7 Å². The smallest absolute Gasteiger partial charge is 0.229 e. The summed E-state index contributed by atoms with van der Waals surface area (Å²) in [7, 11) is 0. The Morgan fingerprint density at radius 1 is 1.26 bits per heavy atom. The number of ether oxygens (including phenoxy) is 1. The molecule has 0 radical (unpaired) electrons. The third kappa shape index (κ3) is 3.99. The maximum atomic E-state index is 12.2. The van der Waals surface area contributed by atoms with Crippen LogP contribution in [-0.2, 0) is 16.0 Å². The lowest BCUT2D eigenvalue weighted by Crippen LogP contribution is -2.15. The second kappa shape index (κ2) is 6.96. The summed E-state index contributed by atoms with van der Waals surface area (Å²) in [6.07, 6.45) is 2.36. The van der Waals surface area contributed by atoms with Crippen LogP contribution in [0.3, 0.4) is 0 Å². The first-order chi connectivity index (χ1) is 11.1. The summed E-state index contributed by atoms with van der Waals surface area (Å²) in [5.41, 5.74) is 4.54. The molecule has 5 heteroatoms. The number of carbonyl (C=O) groups excluding carboxylic acids is 1. The number of aromatic nitrogens is 2. The van der Waals surface area contributed by atoms with E-state index in [1.165, 1.54) is 11.1 Å². The molecule has 1 fully saturated rings. The number of anilines is 1. The van der Waals surface area contributed by atoms with Crippen molar-refractivity contribution in [2.75, 3.05) is 18.5 Å². The van der Waals surface area contributed by atoms with Crippen LogP contribution in [0.25, 0.3) is 0 Å². The average Bonchev–Trinajstić information content (AvgIpc) is 3.00. The maximum Gasteiger partial charge on any atom is 0.229 e. The molecule has 2 heterocycles. The SMILES string of the molecule is Cc1ccc(CC(=O)Nc2cc(C3CCOCC3)[nH]n2)cc1C. The van der Waals surface area contributed by atoms with Gasteiger partial charge in [-0.1, -0.05) is 18.2 Å². The lowest BCUT2D eigenvalue weighted by molar-refractivity contribution is -0.115. The van der Waals surface area contributed by atoms with Crippen molar-refractivity contribution in [2.45, 2.75) is 39.0 Å². The average molecular weight is 313 g/mol. The number of hydrogen-bond acceptors (Lipinski definition) is 3. The van der Waals surface area contributed by atoms with Crippen LogP contribution in [0.15, 0.2) is 24.3 Å². The molecule has 2 N–H and O–H groups in total. The summed E-state index contributed by atoms with van der Waals surface area (Å²) >= 11 is 0. The minimum atomic E-state index is -0.0433. The Hall–Kier alpha value is -2.14. The number of benzene rings is 1. The molecule has 1 amide bonds. The normalized spacial score (nSPS) is 15.6. The van der Waals surface area contributed by atoms with Crippen LogP contribution in [0.1, 0.15) is 41.1 Å². The van der Waals surface area contributed by atoms with Gasteiger partial charge in [0.25, 0.3) is 0 Å². The molecular formula is C18H23N3O2. The van der Waals surface area contributed by atoms with Gasteiger partial charge >= 0.3 is 0 Å². The van der Waals surface area contributed by atoms with Crippen LogP contribution in [0.5, 0.6) is 0 Å². The van der Waals surface area contributed by atoms with E-state index in [-0.39, 0.29) is 5.91 Å². The summed E-state index contributed by atoms with van der Waals surface area (Å²) in [4.78, 5) is 12.2. The predicted octanol–water partition coefficient (Wildman–Crippen LogP) is 3.10. The highest BCUT2D eigenvalue weighted by atomic mass is 16.5. The largest absolute Gasteiger partial charge is 0.381 e. The monoisotopic (exact) mass is 313 g/mol. The van der Waals surface area contributed by atoms with Gasteiger partial charge in [-0.25, -0.2) is 0 Å². The molecule has 0 saturated carbocycles. The molecule has 0 spiro atoms. The Balaban J connectivity index is 1.59. The maximum absolute atomic E-state index is 12.2. The molecular weight excluding hydrogens is 290 g/mol. The fraction of sp³-hybridized carbons (Fsp3) is 0.444. The fourth-order valence-electron chi connectivity index (χ4n) is 2.90. The lowest BCUT2D eigenvalue weighted by Gasteiger charge is -2.20. The Morgan fingerprint density at radius 2 is 2.04 bits per heavy atom. The zero-order valence-corrected chi connectivity index (χ0v) is 13.7.